The van der Waals surface area contributed by atoms with E-state index in [-0.39, 0.29) is 6.61 Å². The molecule has 0 spiro atoms. The lowest BCUT2D eigenvalue weighted by atomic mass is 9.56. The SMILES string of the molecule is COCC1=C[C@@H]2OC(=O)[C@H](C)[C@]2(O)[C@@H](OC(C)=O)[C@H]2C(C)=C[C@@H](O)[C@@H](OC(C)=O)[C@]2(C)[C@@H](OC(C)=O)C=C1. The first kappa shape index (κ1) is 29.5. The van der Waals surface area contributed by atoms with Gasteiger partial charge in [0.15, 0.2) is 11.7 Å². The summed E-state index contributed by atoms with van der Waals surface area (Å²) in [6.45, 7) is 8.30. The van der Waals surface area contributed by atoms with Crippen molar-refractivity contribution >= 4 is 23.9 Å². The fourth-order valence-electron chi connectivity index (χ4n) is 5.99. The van der Waals surface area contributed by atoms with Gasteiger partial charge in [0.05, 0.1) is 17.9 Å². The quantitative estimate of drug-likeness (QED) is 0.295. The van der Waals surface area contributed by atoms with Crippen molar-refractivity contribution in [3.8, 4) is 0 Å². The van der Waals surface area contributed by atoms with Crippen LogP contribution < -0.4 is 0 Å². The first-order valence-electron chi connectivity index (χ1n) is 12.4. The van der Waals surface area contributed by atoms with E-state index in [1.54, 1.807) is 26.0 Å². The summed E-state index contributed by atoms with van der Waals surface area (Å²) in [5.41, 5.74) is -2.68. The molecule has 3 rings (SSSR count). The third kappa shape index (κ3) is 5.14. The van der Waals surface area contributed by atoms with Crippen LogP contribution in [0.25, 0.3) is 0 Å². The van der Waals surface area contributed by atoms with E-state index in [0.29, 0.717) is 11.1 Å². The van der Waals surface area contributed by atoms with E-state index in [2.05, 4.69) is 0 Å². The monoisotopic (exact) mass is 536 g/mol. The van der Waals surface area contributed by atoms with Crippen molar-refractivity contribution < 1.29 is 53.1 Å². The molecule has 0 bridgehead atoms. The number of hydrogen-bond donors (Lipinski definition) is 2. The lowest BCUT2D eigenvalue weighted by molar-refractivity contribution is -0.219. The molecule has 9 atom stereocenters. The number of carbonyl (C=O) groups is 4. The summed E-state index contributed by atoms with van der Waals surface area (Å²) in [6, 6.07) is 0. The molecule has 1 heterocycles. The van der Waals surface area contributed by atoms with Crippen molar-refractivity contribution in [3.05, 3.63) is 35.5 Å². The van der Waals surface area contributed by atoms with Gasteiger partial charge in [-0.1, -0.05) is 24.6 Å². The average molecular weight is 537 g/mol. The minimum atomic E-state index is -2.10. The number of rotatable bonds is 5. The highest BCUT2D eigenvalue weighted by Crippen LogP contribution is 2.54. The molecule has 210 valence electrons. The van der Waals surface area contributed by atoms with Crippen molar-refractivity contribution in [1.29, 1.82) is 0 Å². The zero-order chi connectivity index (χ0) is 28.6. The maximum atomic E-state index is 12.8. The van der Waals surface area contributed by atoms with Gasteiger partial charge in [-0.3, -0.25) is 19.2 Å². The fourth-order valence-corrected chi connectivity index (χ4v) is 5.99. The number of esters is 4. The molecular weight excluding hydrogens is 500 g/mol. The van der Waals surface area contributed by atoms with Gasteiger partial charge in [-0.25, -0.2) is 0 Å². The molecule has 1 saturated heterocycles. The van der Waals surface area contributed by atoms with Crippen LogP contribution in [0.5, 0.6) is 0 Å². The molecule has 3 aliphatic rings. The van der Waals surface area contributed by atoms with Crippen LogP contribution in [0.15, 0.2) is 35.5 Å². The Morgan fingerprint density at radius 2 is 1.61 bits per heavy atom. The molecule has 2 aliphatic carbocycles. The summed E-state index contributed by atoms with van der Waals surface area (Å²) in [4.78, 5) is 49.8. The minimum Gasteiger partial charge on any atom is -0.459 e. The first-order chi connectivity index (χ1) is 17.7. The van der Waals surface area contributed by atoms with Crippen LogP contribution in [0.4, 0.5) is 0 Å². The van der Waals surface area contributed by atoms with Crippen LogP contribution in [0.2, 0.25) is 0 Å². The summed E-state index contributed by atoms with van der Waals surface area (Å²) < 4.78 is 28.0. The lowest BCUT2D eigenvalue weighted by Crippen LogP contribution is -2.66. The molecule has 0 aromatic carbocycles. The Balaban J connectivity index is 2.44. The first-order valence-corrected chi connectivity index (χ1v) is 12.4. The number of hydrogen-bond acceptors (Lipinski definition) is 11. The van der Waals surface area contributed by atoms with Crippen LogP contribution >= 0.6 is 0 Å². The van der Waals surface area contributed by atoms with Crippen molar-refractivity contribution in [2.24, 2.45) is 17.3 Å². The number of aliphatic hydroxyl groups excluding tert-OH is 1. The molecule has 11 heteroatoms. The maximum Gasteiger partial charge on any atom is 0.312 e. The highest BCUT2D eigenvalue weighted by Gasteiger charge is 2.67. The molecule has 38 heavy (non-hydrogen) atoms. The Labute approximate surface area is 221 Å². The molecule has 2 N–H and O–H groups in total. The molecule has 0 aromatic rings. The number of fused-ring (bicyclic) bond motifs is 2. The minimum absolute atomic E-state index is 0.0368. The second-order valence-electron chi connectivity index (χ2n) is 10.3. The van der Waals surface area contributed by atoms with E-state index in [0.717, 1.165) is 6.92 Å². The standard InChI is InChI=1S/C27H36O11/c1-13-10-19(31)23(36-16(4)29)26(6)20(35-15(3)28)9-8-18(12-34-7)11-21-27(33,14(2)25(32)38-21)24(22(13)26)37-17(5)30/h8-11,14,19-24,31,33H,12H2,1-7H3/t14-,19+,20-,21-,22+,23+,24-,26+,27+/m0/s1. The molecule has 0 amide bonds. The zero-order valence-electron chi connectivity index (χ0n) is 22.6. The summed E-state index contributed by atoms with van der Waals surface area (Å²) in [5, 5.41) is 23.4. The Morgan fingerprint density at radius 3 is 2.16 bits per heavy atom. The van der Waals surface area contributed by atoms with Gasteiger partial charge in [-0.2, -0.15) is 0 Å². The van der Waals surface area contributed by atoms with Crippen molar-refractivity contribution in [3.63, 3.8) is 0 Å². The average Bonchev–Trinajstić information content (AvgIpc) is 3.01. The highest BCUT2D eigenvalue weighted by atomic mass is 16.6. The summed E-state index contributed by atoms with van der Waals surface area (Å²) >= 11 is 0. The predicted molar refractivity (Wildman–Crippen MR) is 131 cm³/mol. The molecular formula is C27H36O11. The highest BCUT2D eigenvalue weighted by molar-refractivity contribution is 5.78. The lowest BCUT2D eigenvalue weighted by Gasteiger charge is -2.54. The summed E-state index contributed by atoms with van der Waals surface area (Å²) in [7, 11) is 1.45. The van der Waals surface area contributed by atoms with E-state index >= 15 is 0 Å². The van der Waals surface area contributed by atoms with Crippen LogP contribution in [0.1, 0.15) is 41.5 Å². The summed E-state index contributed by atoms with van der Waals surface area (Å²) in [6.07, 6.45) is -0.400. The van der Waals surface area contributed by atoms with Gasteiger partial charge in [-0.05, 0) is 31.6 Å². The van der Waals surface area contributed by atoms with Crippen LogP contribution in [-0.4, -0.2) is 83.9 Å². The Bertz CT molecular complexity index is 1070. The Hall–Kier alpha value is -3.02. The van der Waals surface area contributed by atoms with Crippen molar-refractivity contribution in [2.45, 2.75) is 77.7 Å². The molecule has 0 unspecified atom stereocenters. The Morgan fingerprint density at radius 1 is 1.03 bits per heavy atom. The second-order valence-corrected chi connectivity index (χ2v) is 10.3. The summed E-state index contributed by atoms with van der Waals surface area (Å²) in [5.74, 6) is -5.00. The maximum absolute atomic E-state index is 12.8. The van der Waals surface area contributed by atoms with Gasteiger partial charge >= 0.3 is 23.9 Å². The Kier molecular flexibility index (Phi) is 8.55. The third-order valence-corrected chi connectivity index (χ3v) is 7.68. The van der Waals surface area contributed by atoms with Crippen LogP contribution in [0.3, 0.4) is 0 Å². The number of ether oxygens (including phenoxy) is 5. The third-order valence-electron chi connectivity index (χ3n) is 7.68. The largest absolute Gasteiger partial charge is 0.459 e. The normalized spacial score (nSPS) is 38.6. The molecule has 0 saturated carbocycles. The number of carbonyl (C=O) groups excluding carboxylic acids is 4. The van der Waals surface area contributed by atoms with Crippen LogP contribution in [0, 0.1) is 17.3 Å². The number of aliphatic hydroxyl groups is 2. The molecule has 0 aromatic heterocycles. The van der Waals surface area contributed by atoms with Gasteiger partial charge in [0.1, 0.15) is 24.4 Å². The van der Waals surface area contributed by atoms with Gasteiger partial charge in [0.2, 0.25) is 0 Å². The van der Waals surface area contributed by atoms with Gasteiger partial charge in [0.25, 0.3) is 0 Å². The zero-order valence-corrected chi connectivity index (χ0v) is 22.6. The van der Waals surface area contributed by atoms with Crippen molar-refractivity contribution in [1.82, 2.24) is 0 Å². The van der Waals surface area contributed by atoms with Gasteiger partial charge < -0.3 is 33.9 Å². The second kappa shape index (κ2) is 11.0. The molecule has 0 radical (unpaired) electrons. The smallest absolute Gasteiger partial charge is 0.312 e. The van der Waals surface area contributed by atoms with Crippen LogP contribution in [-0.2, 0) is 42.9 Å². The molecule has 11 nitrogen and oxygen atoms in total. The fraction of sp³-hybridized carbons (Fsp3) is 0.630. The predicted octanol–water partition coefficient (Wildman–Crippen LogP) is 1.16. The molecule has 1 aliphatic heterocycles. The van der Waals surface area contributed by atoms with Gasteiger partial charge in [-0.15, -0.1) is 0 Å². The van der Waals surface area contributed by atoms with E-state index in [4.69, 9.17) is 23.7 Å². The van der Waals surface area contributed by atoms with E-state index in [1.165, 1.54) is 40.0 Å². The van der Waals surface area contributed by atoms with Crippen molar-refractivity contribution in [2.75, 3.05) is 13.7 Å². The number of methoxy groups -OCH3 is 1. The topological polar surface area (TPSA) is 155 Å². The van der Waals surface area contributed by atoms with E-state index < -0.39 is 77.2 Å². The van der Waals surface area contributed by atoms with E-state index in [9.17, 15) is 29.4 Å². The van der Waals surface area contributed by atoms with E-state index in [1.807, 2.05) is 0 Å². The molecule has 1 fully saturated rings. The van der Waals surface area contributed by atoms with Gasteiger partial charge in [0, 0.05) is 33.8 Å².